The fraction of sp³-hybridized carbons (Fsp3) is 0.480. The number of hydrogen-bond acceptors (Lipinski definition) is 6. The van der Waals surface area contributed by atoms with Crippen LogP contribution in [-0.2, 0) is 26.7 Å². The first-order valence-corrected chi connectivity index (χ1v) is 11.0. The van der Waals surface area contributed by atoms with Crippen LogP contribution in [0.2, 0.25) is 0 Å². The van der Waals surface area contributed by atoms with Gasteiger partial charge >= 0.3 is 6.16 Å². The quantitative estimate of drug-likeness (QED) is 0.318. The standard InChI is InChI=1S/C25H33N3O4/c1-8-17(3)32-24(29)31-15-30-23(21-13-16(2)27-28(21)7)22(20-14-26-20)18-9-11-19(12-10-18)25(4,5)6/h9-14,17,20H,8,15H2,1-7H3/b23-22+. The van der Waals surface area contributed by atoms with E-state index in [1.165, 1.54) is 5.56 Å². The van der Waals surface area contributed by atoms with Gasteiger partial charge in [-0.2, -0.15) is 5.10 Å². The third-order valence-corrected chi connectivity index (χ3v) is 5.39. The van der Waals surface area contributed by atoms with Crippen LogP contribution < -0.4 is 0 Å². The molecule has 2 unspecified atom stereocenters. The summed E-state index contributed by atoms with van der Waals surface area (Å²) in [7, 11) is 1.86. The molecular weight excluding hydrogens is 406 g/mol. The lowest BCUT2D eigenvalue weighted by Gasteiger charge is -2.20. The molecule has 7 nitrogen and oxygen atoms in total. The summed E-state index contributed by atoms with van der Waals surface area (Å²) in [4.78, 5) is 16.3. The van der Waals surface area contributed by atoms with Gasteiger partial charge in [0.1, 0.15) is 17.8 Å². The second-order valence-corrected chi connectivity index (χ2v) is 9.10. The topological polar surface area (TPSA) is 74.9 Å². The van der Waals surface area contributed by atoms with E-state index >= 15 is 0 Å². The number of aryl methyl sites for hydroxylation is 2. The minimum Gasteiger partial charge on any atom is -0.455 e. The molecule has 2 heterocycles. The first kappa shape index (κ1) is 23.6. The monoisotopic (exact) mass is 439 g/mol. The Morgan fingerprint density at radius 2 is 1.84 bits per heavy atom. The number of carbonyl (C=O) groups is 1. The van der Waals surface area contributed by atoms with Crippen molar-refractivity contribution in [2.75, 3.05) is 6.79 Å². The molecule has 3 rings (SSSR count). The molecule has 0 saturated heterocycles. The van der Waals surface area contributed by atoms with Crippen molar-refractivity contribution in [1.29, 1.82) is 0 Å². The molecule has 0 N–H and O–H groups in total. The lowest BCUT2D eigenvalue weighted by atomic mass is 9.86. The van der Waals surface area contributed by atoms with Gasteiger partial charge in [0.15, 0.2) is 5.76 Å². The van der Waals surface area contributed by atoms with E-state index in [-0.39, 0.29) is 24.4 Å². The Morgan fingerprint density at radius 1 is 1.19 bits per heavy atom. The van der Waals surface area contributed by atoms with Crippen molar-refractivity contribution in [1.82, 2.24) is 9.78 Å². The molecule has 0 radical (unpaired) electrons. The van der Waals surface area contributed by atoms with Gasteiger partial charge < -0.3 is 14.2 Å². The van der Waals surface area contributed by atoms with Crippen LogP contribution in [0.5, 0.6) is 0 Å². The summed E-state index contributed by atoms with van der Waals surface area (Å²) in [6, 6.07) is 10.3. The molecule has 1 aromatic carbocycles. The van der Waals surface area contributed by atoms with Crippen LogP contribution in [0.25, 0.3) is 11.3 Å². The summed E-state index contributed by atoms with van der Waals surface area (Å²) >= 11 is 0. The molecule has 1 aliphatic heterocycles. The predicted molar refractivity (Wildman–Crippen MR) is 125 cm³/mol. The Balaban J connectivity index is 1.94. The second-order valence-electron chi connectivity index (χ2n) is 9.10. The van der Waals surface area contributed by atoms with Crippen molar-refractivity contribution in [3.8, 4) is 0 Å². The number of rotatable bonds is 8. The van der Waals surface area contributed by atoms with Crippen molar-refractivity contribution in [2.24, 2.45) is 12.0 Å². The van der Waals surface area contributed by atoms with E-state index in [1.807, 2.05) is 40.1 Å². The Kier molecular flexibility index (Phi) is 7.06. The molecule has 0 amide bonds. The average Bonchev–Trinajstić information content (AvgIpc) is 3.50. The number of aromatic nitrogens is 2. The van der Waals surface area contributed by atoms with E-state index in [0.29, 0.717) is 12.2 Å². The maximum atomic E-state index is 11.9. The highest BCUT2D eigenvalue weighted by Gasteiger charge is 2.29. The van der Waals surface area contributed by atoms with Gasteiger partial charge in [0.05, 0.1) is 5.69 Å². The SMILES string of the molecule is CCC(C)OC(=O)OCO/C(=C(\c1ccc(C(C)(C)C)cc1)C1C=N1)c1cc(C)nn1C. The predicted octanol–water partition coefficient (Wildman–Crippen LogP) is 5.27. The summed E-state index contributed by atoms with van der Waals surface area (Å²) in [5, 5.41) is 4.46. The van der Waals surface area contributed by atoms with Crippen molar-refractivity contribution in [3.05, 3.63) is 52.8 Å². The fourth-order valence-electron chi connectivity index (χ4n) is 3.31. The second kappa shape index (κ2) is 9.59. The highest BCUT2D eigenvalue weighted by atomic mass is 16.8. The van der Waals surface area contributed by atoms with Crippen LogP contribution in [0.1, 0.15) is 63.6 Å². The number of carbonyl (C=O) groups excluding carboxylic acids is 1. The van der Waals surface area contributed by atoms with Gasteiger partial charge in [-0.15, -0.1) is 0 Å². The molecule has 1 aliphatic rings. The van der Waals surface area contributed by atoms with Gasteiger partial charge in [0, 0.05) is 18.8 Å². The maximum absolute atomic E-state index is 11.9. The van der Waals surface area contributed by atoms with Crippen LogP contribution in [-0.4, -0.2) is 41.1 Å². The lowest BCUT2D eigenvalue weighted by Crippen LogP contribution is -2.17. The number of nitrogens with zero attached hydrogens (tertiary/aromatic N) is 3. The van der Waals surface area contributed by atoms with Crippen molar-refractivity contribution >= 4 is 23.7 Å². The van der Waals surface area contributed by atoms with Crippen LogP contribution in [0.4, 0.5) is 4.79 Å². The zero-order valence-electron chi connectivity index (χ0n) is 20.0. The van der Waals surface area contributed by atoms with Crippen LogP contribution >= 0.6 is 0 Å². The number of benzene rings is 1. The molecule has 0 bridgehead atoms. The molecule has 0 saturated carbocycles. The van der Waals surface area contributed by atoms with E-state index < -0.39 is 6.16 Å². The summed E-state index contributed by atoms with van der Waals surface area (Å²) in [5.74, 6) is 0.579. The average molecular weight is 440 g/mol. The molecule has 7 heteroatoms. The normalized spacial score (nSPS) is 16.9. The van der Waals surface area contributed by atoms with Crippen LogP contribution in [0.3, 0.4) is 0 Å². The van der Waals surface area contributed by atoms with Gasteiger partial charge in [-0.25, -0.2) is 4.79 Å². The minimum atomic E-state index is -0.751. The molecule has 1 aromatic heterocycles. The molecule has 0 spiro atoms. The Bertz CT molecular complexity index is 1010. The third kappa shape index (κ3) is 5.78. The smallest absolute Gasteiger partial charge is 0.455 e. The first-order chi connectivity index (χ1) is 15.1. The van der Waals surface area contributed by atoms with E-state index in [0.717, 1.165) is 22.5 Å². The van der Waals surface area contributed by atoms with Gasteiger partial charge in [-0.1, -0.05) is 52.0 Å². The molecule has 0 fully saturated rings. The molecule has 32 heavy (non-hydrogen) atoms. The van der Waals surface area contributed by atoms with Gasteiger partial charge in [-0.05, 0) is 42.9 Å². The highest BCUT2D eigenvalue weighted by Crippen LogP contribution is 2.35. The lowest BCUT2D eigenvalue weighted by molar-refractivity contribution is -0.0207. The van der Waals surface area contributed by atoms with Crippen molar-refractivity contribution in [3.63, 3.8) is 0 Å². The largest absolute Gasteiger partial charge is 0.511 e. The molecule has 2 atom stereocenters. The van der Waals surface area contributed by atoms with E-state index in [2.05, 4.69) is 55.1 Å². The summed E-state index contributed by atoms with van der Waals surface area (Å²) in [6.07, 6.45) is 1.62. The van der Waals surface area contributed by atoms with Crippen molar-refractivity contribution in [2.45, 2.75) is 65.5 Å². The summed E-state index contributed by atoms with van der Waals surface area (Å²) in [6.45, 7) is 12.0. The number of ether oxygens (including phenoxy) is 3. The van der Waals surface area contributed by atoms with E-state index in [9.17, 15) is 4.79 Å². The summed E-state index contributed by atoms with van der Waals surface area (Å²) in [5.41, 5.74) is 4.85. The van der Waals surface area contributed by atoms with Gasteiger partial charge in [-0.3, -0.25) is 9.67 Å². The van der Waals surface area contributed by atoms with E-state index in [4.69, 9.17) is 14.2 Å². The summed E-state index contributed by atoms with van der Waals surface area (Å²) < 4.78 is 18.1. The fourth-order valence-corrected chi connectivity index (χ4v) is 3.31. The number of aliphatic imine (C=N–C) groups is 1. The van der Waals surface area contributed by atoms with Crippen molar-refractivity contribution < 1.29 is 19.0 Å². The molecule has 2 aromatic rings. The Morgan fingerprint density at radius 3 is 2.34 bits per heavy atom. The van der Waals surface area contributed by atoms with Crippen LogP contribution in [0.15, 0.2) is 35.3 Å². The maximum Gasteiger partial charge on any atom is 0.511 e. The number of hydrogen-bond donors (Lipinski definition) is 0. The Hall–Kier alpha value is -3.09. The first-order valence-electron chi connectivity index (χ1n) is 11.0. The minimum absolute atomic E-state index is 0.0563. The molecule has 0 aliphatic carbocycles. The van der Waals surface area contributed by atoms with Gasteiger partial charge in [0.2, 0.25) is 6.79 Å². The molecular formula is C25H33N3O4. The highest BCUT2D eigenvalue weighted by molar-refractivity contribution is 6.03. The zero-order valence-corrected chi connectivity index (χ0v) is 20.0. The third-order valence-electron chi connectivity index (χ3n) is 5.39. The van der Waals surface area contributed by atoms with Gasteiger partial charge in [0.25, 0.3) is 0 Å². The molecule has 172 valence electrons. The Labute approximate surface area is 190 Å². The zero-order chi connectivity index (χ0) is 23.5. The van der Waals surface area contributed by atoms with Crippen LogP contribution in [0, 0.1) is 6.92 Å². The van der Waals surface area contributed by atoms with E-state index in [1.54, 1.807) is 4.68 Å².